The fourth-order valence-electron chi connectivity index (χ4n) is 2.99. The van der Waals surface area contributed by atoms with E-state index in [2.05, 4.69) is 31.0 Å². The van der Waals surface area contributed by atoms with Crippen molar-refractivity contribution in [3.63, 3.8) is 0 Å². The Labute approximate surface area is 98.6 Å². The van der Waals surface area contributed by atoms with Crippen LogP contribution >= 0.6 is 0 Å². The minimum Gasteiger partial charge on any atom is -0.323 e. The predicted molar refractivity (Wildman–Crippen MR) is 64.9 cm³/mol. The predicted octanol–water partition coefficient (Wildman–Crippen LogP) is 2.12. The Morgan fingerprint density at radius 1 is 1.56 bits per heavy atom. The molecule has 1 heterocycles. The summed E-state index contributed by atoms with van der Waals surface area (Å²) >= 11 is 0. The first kappa shape index (κ1) is 11.9. The van der Waals surface area contributed by atoms with Crippen molar-refractivity contribution in [2.24, 2.45) is 5.92 Å². The van der Waals surface area contributed by atoms with Crippen LogP contribution in [0, 0.1) is 5.92 Å². The van der Waals surface area contributed by atoms with Gasteiger partial charge >= 0.3 is 0 Å². The normalized spacial score (nSPS) is 37.6. The standard InChI is InChI=1S/C13H24N2O/c1-5-13(4)12(16)15(10(3)14-13)9(2)11-7-6-8-11/h9-11,14H,5-8H2,1-4H3. The molecule has 0 aromatic rings. The van der Waals surface area contributed by atoms with Crippen LogP contribution in [0.15, 0.2) is 0 Å². The Kier molecular flexibility index (Phi) is 2.99. The number of hydrogen-bond acceptors (Lipinski definition) is 2. The summed E-state index contributed by atoms with van der Waals surface area (Å²) in [7, 11) is 0. The number of carbonyl (C=O) groups excluding carboxylic acids is 1. The van der Waals surface area contributed by atoms with Crippen LogP contribution in [0.2, 0.25) is 0 Å². The molecule has 0 bridgehead atoms. The third-order valence-corrected chi connectivity index (χ3v) is 4.63. The highest BCUT2D eigenvalue weighted by atomic mass is 16.2. The summed E-state index contributed by atoms with van der Waals surface area (Å²) in [6, 6.07) is 0.400. The summed E-state index contributed by atoms with van der Waals surface area (Å²) in [5.74, 6) is 1.02. The Hall–Kier alpha value is -0.570. The molecule has 92 valence electrons. The summed E-state index contributed by atoms with van der Waals surface area (Å²) in [5.41, 5.74) is -0.336. The second kappa shape index (κ2) is 4.02. The lowest BCUT2D eigenvalue weighted by atomic mass is 9.79. The highest BCUT2D eigenvalue weighted by molar-refractivity contribution is 5.88. The van der Waals surface area contributed by atoms with Gasteiger partial charge < -0.3 is 4.90 Å². The van der Waals surface area contributed by atoms with E-state index in [1.807, 2.05) is 6.92 Å². The van der Waals surface area contributed by atoms with Crippen molar-refractivity contribution in [3.8, 4) is 0 Å². The number of amides is 1. The topological polar surface area (TPSA) is 32.3 Å². The molecule has 1 saturated heterocycles. The van der Waals surface area contributed by atoms with E-state index in [0.717, 1.165) is 12.3 Å². The molecule has 1 amide bonds. The van der Waals surface area contributed by atoms with Crippen LogP contribution in [0.4, 0.5) is 0 Å². The van der Waals surface area contributed by atoms with Gasteiger partial charge in [-0.05, 0) is 46.0 Å². The Balaban J connectivity index is 2.12. The molecular weight excluding hydrogens is 200 g/mol. The van der Waals surface area contributed by atoms with Crippen LogP contribution in [0.5, 0.6) is 0 Å². The zero-order valence-corrected chi connectivity index (χ0v) is 10.9. The molecule has 3 unspecified atom stereocenters. The first-order valence-electron chi connectivity index (χ1n) is 6.60. The van der Waals surface area contributed by atoms with Crippen molar-refractivity contribution in [2.75, 3.05) is 0 Å². The summed E-state index contributed by atoms with van der Waals surface area (Å²) in [4.78, 5) is 14.5. The van der Waals surface area contributed by atoms with Gasteiger partial charge in [-0.1, -0.05) is 13.3 Å². The lowest BCUT2D eigenvalue weighted by Gasteiger charge is -2.39. The lowest BCUT2D eigenvalue weighted by molar-refractivity contribution is -0.136. The molecule has 2 rings (SSSR count). The minimum absolute atomic E-state index is 0.188. The molecule has 2 fully saturated rings. The zero-order chi connectivity index (χ0) is 11.9. The monoisotopic (exact) mass is 224 g/mol. The molecule has 16 heavy (non-hydrogen) atoms. The van der Waals surface area contributed by atoms with Crippen LogP contribution in [-0.2, 0) is 4.79 Å². The van der Waals surface area contributed by atoms with Crippen LogP contribution in [0.1, 0.15) is 53.4 Å². The van der Waals surface area contributed by atoms with Gasteiger partial charge in [0.1, 0.15) is 0 Å². The molecule has 0 aromatic heterocycles. The van der Waals surface area contributed by atoms with Gasteiger partial charge in [0.05, 0.1) is 11.7 Å². The molecule has 1 N–H and O–H groups in total. The fourth-order valence-corrected chi connectivity index (χ4v) is 2.99. The molecule has 3 heteroatoms. The fraction of sp³-hybridized carbons (Fsp3) is 0.923. The molecule has 0 radical (unpaired) electrons. The molecule has 0 spiro atoms. The smallest absolute Gasteiger partial charge is 0.244 e. The number of carbonyl (C=O) groups is 1. The highest BCUT2D eigenvalue weighted by Gasteiger charge is 2.48. The third kappa shape index (κ3) is 1.65. The van der Waals surface area contributed by atoms with Crippen LogP contribution in [0.25, 0.3) is 0 Å². The van der Waals surface area contributed by atoms with E-state index in [-0.39, 0.29) is 11.7 Å². The largest absolute Gasteiger partial charge is 0.323 e. The Morgan fingerprint density at radius 2 is 2.19 bits per heavy atom. The van der Waals surface area contributed by atoms with Gasteiger partial charge in [-0.3, -0.25) is 10.1 Å². The summed E-state index contributed by atoms with van der Waals surface area (Å²) in [5, 5.41) is 3.44. The van der Waals surface area contributed by atoms with E-state index in [1.165, 1.54) is 19.3 Å². The van der Waals surface area contributed by atoms with Gasteiger partial charge in [0.2, 0.25) is 5.91 Å². The Bertz CT molecular complexity index is 288. The van der Waals surface area contributed by atoms with Gasteiger partial charge in [0.15, 0.2) is 0 Å². The van der Waals surface area contributed by atoms with Gasteiger partial charge in [0, 0.05) is 6.04 Å². The molecule has 2 aliphatic rings. The van der Waals surface area contributed by atoms with E-state index in [9.17, 15) is 4.79 Å². The summed E-state index contributed by atoms with van der Waals surface area (Å²) in [6.07, 6.45) is 4.97. The second-order valence-corrected chi connectivity index (χ2v) is 5.65. The van der Waals surface area contributed by atoms with Gasteiger partial charge in [-0.15, -0.1) is 0 Å². The lowest BCUT2D eigenvalue weighted by Crippen LogP contribution is -2.47. The van der Waals surface area contributed by atoms with Crippen molar-refractivity contribution in [3.05, 3.63) is 0 Å². The van der Waals surface area contributed by atoms with E-state index >= 15 is 0 Å². The molecule has 1 aliphatic heterocycles. The maximum atomic E-state index is 12.4. The van der Waals surface area contributed by atoms with Crippen molar-refractivity contribution >= 4 is 5.91 Å². The van der Waals surface area contributed by atoms with E-state index < -0.39 is 0 Å². The van der Waals surface area contributed by atoms with Gasteiger partial charge in [-0.2, -0.15) is 0 Å². The summed E-state index contributed by atoms with van der Waals surface area (Å²) in [6.45, 7) is 8.42. The molecular formula is C13H24N2O. The molecule has 1 saturated carbocycles. The maximum absolute atomic E-state index is 12.4. The third-order valence-electron chi connectivity index (χ3n) is 4.63. The summed E-state index contributed by atoms with van der Waals surface area (Å²) < 4.78 is 0. The number of nitrogens with one attached hydrogen (secondary N) is 1. The quantitative estimate of drug-likeness (QED) is 0.796. The minimum atomic E-state index is -0.336. The average Bonchev–Trinajstić information content (AvgIpc) is 2.36. The van der Waals surface area contributed by atoms with Gasteiger partial charge in [0.25, 0.3) is 0 Å². The van der Waals surface area contributed by atoms with Crippen molar-refractivity contribution in [2.45, 2.75) is 71.1 Å². The Morgan fingerprint density at radius 3 is 2.56 bits per heavy atom. The van der Waals surface area contributed by atoms with E-state index in [4.69, 9.17) is 0 Å². The second-order valence-electron chi connectivity index (χ2n) is 5.65. The number of nitrogens with zero attached hydrogens (tertiary/aromatic N) is 1. The maximum Gasteiger partial charge on any atom is 0.244 e. The van der Waals surface area contributed by atoms with Gasteiger partial charge in [-0.25, -0.2) is 0 Å². The SMILES string of the molecule is CCC1(C)NC(C)N(C(C)C2CCC2)C1=O. The zero-order valence-electron chi connectivity index (χ0n) is 10.9. The first-order valence-corrected chi connectivity index (χ1v) is 6.60. The van der Waals surface area contributed by atoms with Crippen LogP contribution < -0.4 is 5.32 Å². The number of rotatable bonds is 3. The molecule has 3 nitrogen and oxygen atoms in total. The van der Waals surface area contributed by atoms with Crippen LogP contribution in [0.3, 0.4) is 0 Å². The van der Waals surface area contributed by atoms with Crippen molar-refractivity contribution < 1.29 is 4.79 Å². The van der Waals surface area contributed by atoms with Crippen LogP contribution in [-0.4, -0.2) is 28.6 Å². The molecule has 0 aromatic carbocycles. The van der Waals surface area contributed by atoms with E-state index in [0.29, 0.717) is 11.9 Å². The first-order chi connectivity index (χ1) is 7.49. The molecule has 1 aliphatic carbocycles. The van der Waals surface area contributed by atoms with E-state index in [1.54, 1.807) is 0 Å². The number of hydrogen-bond donors (Lipinski definition) is 1. The molecule has 3 atom stereocenters. The highest BCUT2D eigenvalue weighted by Crippen LogP contribution is 2.35. The average molecular weight is 224 g/mol. The van der Waals surface area contributed by atoms with Crippen molar-refractivity contribution in [1.29, 1.82) is 0 Å². The van der Waals surface area contributed by atoms with Crippen molar-refractivity contribution in [1.82, 2.24) is 10.2 Å².